The molecule has 10 heteroatoms. The van der Waals surface area contributed by atoms with Crippen LogP contribution in [0.5, 0.6) is 0 Å². The van der Waals surface area contributed by atoms with Crippen molar-refractivity contribution >= 4 is 67.8 Å². The number of nitrogens with one attached hydrogen (secondary N) is 1. The zero-order chi connectivity index (χ0) is 21.9. The summed E-state index contributed by atoms with van der Waals surface area (Å²) in [5.74, 6) is -0.823. The second-order valence-electron chi connectivity index (χ2n) is 6.27. The van der Waals surface area contributed by atoms with E-state index in [4.69, 9.17) is 12.2 Å². The first-order valence-corrected chi connectivity index (χ1v) is 10.6. The smallest absolute Gasteiger partial charge is 0.326 e. The molecule has 2 aromatic rings. The third kappa shape index (κ3) is 5.71. The highest BCUT2D eigenvalue weighted by molar-refractivity contribution is 9.10. The van der Waals surface area contributed by atoms with E-state index in [1.165, 1.54) is 17.0 Å². The summed E-state index contributed by atoms with van der Waals surface area (Å²) < 4.78 is 39.5. The molecule has 0 spiro atoms. The van der Waals surface area contributed by atoms with Crippen molar-refractivity contribution < 1.29 is 22.8 Å². The number of benzene rings is 2. The second-order valence-corrected chi connectivity index (χ2v) is 8.86. The van der Waals surface area contributed by atoms with Crippen molar-refractivity contribution in [1.82, 2.24) is 4.90 Å². The number of carbonyl (C=O) groups is 2. The van der Waals surface area contributed by atoms with Crippen molar-refractivity contribution in [2.24, 2.45) is 0 Å². The molecule has 0 saturated carbocycles. The monoisotopic (exact) mass is 514 g/mol. The molecular formula is C20H14BrF3N2O2S2. The van der Waals surface area contributed by atoms with Crippen molar-refractivity contribution in [1.29, 1.82) is 0 Å². The quantitative estimate of drug-likeness (QED) is 0.410. The topological polar surface area (TPSA) is 49.4 Å². The first-order valence-electron chi connectivity index (χ1n) is 8.61. The molecule has 1 aliphatic rings. The van der Waals surface area contributed by atoms with Gasteiger partial charge in [0, 0.05) is 23.1 Å². The summed E-state index contributed by atoms with van der Waals surface area (Å²) in [4.78, 5) is 26.5. The Morgan fingerprint density at radius 2 is 1.93 bits per heavy atom. The van der Waals surface area contributed by atoms with E-state index in [9.17, 15) is 22.8 Å². The molecule has 1 fully saturated rings. The molecule has 3 rings (SSSR count). The Bertz CT molecular complexity index is 1040. The van der Waals surface area contributed by atoms with Gasteiger partial charge in [-0.15, -0.1) is 0 Å². The summed E-state index contributed by atoms with van der Waals surface area (Å²) in [6.07, 6.45) is -2.89. The van der Waals surface area contributed by atoms with E-state index in [2.05, 4.69) is 21.2 Å². The van der Waals surface area contributed by atoms with E-state index >= 15 is 0 Å². The Hall–Kier alpha value is -2.17. The van der Waals surface area contributed by atoms with Gasteiger partial charge in [0.05, 0.1) is 10.5 Å². The molecular weight excluding hydrogens is 501 g/mol. The maximum atomic E-state index is 12.8. The fourth-order valence-corrected chi connectivity index (χ4v) is 4.38. The van der Waals surface area contributed by atoms with E-state index in [0.717, 1.165) is 33.9 Å². The van der Waals surface area contributed by atoms with Crippen LogP contribution in [-0.2, 0) is 15.8 Å². The molecule has 30 heavy (non-hydrogen) atoms. The summed E-state index contributed by atoms with van der Waals surface area (Å²) in [7, 11) is 0. The highest BCUT2D eigenvalue weighted by Crippen LogP contribution is 2.33. The van der Waals surface area contributed by atoms with Crippen LogP contribution in [-0.4, -0.2) is 27.6 Å². The number of hydrogen-bond acceptors (Lipinski definition) is 4. The molecule has 0 bridgehead atoms. The minimum absolute atomic E-state index is 0.0330. The van der Waals surface area contributed by atoms with Crippen molar-refractivity contribution in [3.63, 3.8) is 0 Å². The lowest BCUT2D eigenvalue weighted by Crippen LogP contribution is -2.31. The van der Waals surface area contributed by atoms with Gasteiger partial charge in [-0.3, -0.25) is 14.5 Å². The van der Waals surface area contributed by atoms with Gasteiger partial charge in [0.25, 0.3) is 5.91 Å². The van der Waals surface area contributed by atoms with Gasteiger partial charge in [-0.1, -0.05) is 58.1 Å². The number of rotatable bonds is 5. The maximum absolute atomic E-state index is 12.8. The number of thioether (sulfide) groups is 1. The maximum Gasteiger partial charge on any atom is 0.416 e. The van der Waals surface area contributed by atoms with Crippen molar-refractivity contribution in [3.8, 4) is 0 Å². The van der Waals surface area contributed by atoms with Crippen molar-refractivity contribution in [2.45, 2.75) is 12.6 Å². The molecule has 0 aliphatic carbocycles. The second kappa shape index (κ2) is 9.32. The predicted molar refractivity (Wildman–Crippen MR) is 119 cm³/mol. The van der Waals surface area contributed by atoms with Crippen LogP contribution >= 0.6 is 39.9 Å². The molecule has 156 valence electrons. The summed E-state index contributed by atoms with van der Waals surface area (Å²) in [6, 6.07) is 11.8. The molecule has 2 amide bonds. The Morgan fingerprint density at radius 1 is 1.20 bits per heavy atom. The van der Waals surface area contributed by atoms with Crippen LogP contribution in [0.3, 0.4) is 0 Å². The molecule has 1 N–H and O–H groups in total. The molecule has 1 saturated heterocycles. The fourth-order valence-electron chi connectivity index (χ4n) is 2.65. The van der Waals surface area contributed by atoms with E-state index in [-0.39, 0.29) is 24.6 Å². The lowest BCUT2D eigenvalue weighted by Gasteiger charge is -2.14. The van der Waals surface area contributed by atoms with Crippen molar-refractivity contribution in [2.75, 3.05) is 11.9 Å². The predicted octanol–water partition coefficient (Wildman–Crippen LogP) is 5.70. The lowest BCUT2D eigenvalue weighted by molar-refractivity contribution is -0.137. The molecule has 0 aromatic heterocycles. The van der Waals surface area contributed by atoms with Gasteiger partial charge < -0.3 is 5.32 Å². The average Bonchev–Trinajstić information content (AvgIpc) is 2.92. The minimum Gasteiger partial charge on any atom is -0.326 e. The van der Waals surface area contributed by atoms with Gasteiger partial charge in [-0.25, -0.2) is 0 Å². The number of alkyl halides is 3. The van der Waals surface area contributed by atoms with E-state index < -0.39 is 17.6 Å². The van der Waals surface area contributed by atoms with Crippen LogP contribution < -0.4 is 5.32 Å². The van der Waals surface area contributed by atoms with Gasteiger partial charge in [-0.2, -0.15) is 13.2 Å². The normalized spacial score (nSPS) is 15.7. The summed E-state index contributed by atoms with van der Waals surface area (Å²) in [6.45, 7) is 0.0330. The standard InChI is InChI=1S/C20H14BrF3N2O2S2/c21-14-5-1-3-12(9-14)10-16-18(28)26(19(29)30-16)8-7-17(27)25-15-6-2-4-13(11-15)20(22,23)24/h1-6,9-11H,7-8H2,(H,25,27). The fraction of sp³-hybridized carbons (Fsp3) is 0.150. The van der Waals surface area contributed by atoms with Crippen LogP contribution in [0.2, 0.25) is 0 Å². The van der Waals surface area contributed by atoms with Crippen LogP contribution in [0.1, 0.15) is 17.5 Å². The highest BCUT2D eigenvalue weighted by Gasteiger charge is 2.32. The summed E-state index contributed by atoms with van der Waals surface area (Å²) in [5, 5.41) is 2.42. The molecule has 0 atom stereocenters. The van der Waals surface area contributed by atoms with Gasteiger partial charge >= 0.3 is 6.18 Å². The number of halogens is 4. The number of nitrogens with zero attached hydrogens (tertiary/aromatic N) is 1. The Balaban J connectivity index is 1.61. The zero-order valence-electron chi connectivity index (χ0n) is 15.2. The molecule has 2 aromatic carbocycles. The first-order chi connectivity index (χ1) is 14.1. The number of hydrogen-bond donors (Lipinski definition) is 1. The molecule has 0 unspecified atom stereocenters. The Morgan fingerprint density at radius 3 is 2.63 bits per heavy atom. The van der Waals surface area contributed by atoms with Crippen LogP contribution in [0.4, 0.5) is 18.9 Å². The molecule has 1 heterocycles. The van der Waals surface area contributed by atoms with E-state index in [0.29, 0.717) is 9.23 Å². The number of anilines is 1. The first kappa shape index (κ1) is 22.5. The number of amides is 2. The Labute approximate surface area is 188 Å². The summed E-state index contributed by atoms with van der Waals surface area (Å²) >= 11 is 9.75. The summed E-state index contributed by atoms with van der Waals surface area (Å²) in [5.41, 5.74) is 0.0110. The van der Waals surface area contributed by atoms with Crippen LogP contribution in [0.25, 0.3) is 6.08 Å². The van der Waals surface area contributed by atoms with Crippen LogP contribution in [0.15, 0.2) is 57.9 Å². The zero-order valence-corrected chi connectivity index (χ0v) is 18.4. The van der Waals surface area contributed by atoms with Gasteiger partial charge in [0.1, 0.15) is 4.32 Å². The lowest BCUT2D eigenvalue weighted by atomic mass is 10.2. The van der Waals surface area contributed by atoms with Gasteiger partial charge in [-0.05, 0) is 42.0 Å². The molecule has 0 radical (unpaired) electrons. The highest BCUT2D eigenvalue weighted by atomic mass is 79.9. The molecule has 4 nitrogen and oxygen atoms in total. The van der Waals surface area contributed by atoms with Crippen molar-refractivity contribution in [3.05, 3.63) is 69.0 Å². The average molecular weight is 515 g/mol. The minimum atomic E-state index is -4.50. The third-order valence-corrected chi connectivity index (χ3v) is 5.93. The number of thiocarbonyl (C=S) groups is 1. The van der Waals surface area contributed by atoms with Gasteiger partial charge in [0.2, 0.25) is 5.91 Å². The van der Waals surface area contributed by atoms with Crippen LogP contribution in [0, 0.1) is 0 Å². The SMILES string of the molecule is O=C(CCN1C(=O)C(=Cc2cccc(Br)c2)SC1=S)Nc1cccc(C(F)(F)F)c1. The largest absolute Gasteiger partial charge is 0.416 e. The molecule has 1 aliphatic heterocycles. The van der Waals surface area contributed by atoms with E-state index in [1.807, 2.05) is 24.3 Å². The van der Waals surface area contributed by atoms with Gasteiger partial charge in [0.15, 0.2) is 0 Å². The van der Waals surface area contributed by atoms with E-state index in [1.54, 1.807) is 6.08 Å². The number of carbonyl (C=O) groups excluding carboxylic acids is 2. The third-order valence-electron chi connectivity index (χ3n) is 4.06. The Kier molecular flexibility index (Phi) is 6.99.